The molecule has 0 bridgehead atoms. The summed E-state index contributed by atoms with van der Waals surface area (Å²) in [6, 6.07) is 33.8. The van der Waals surface area contributed by atoms with Gasteiger partial charge in [-0.3, -0.25) is 0 Å². The highest BCUT2D eigenvalue weighted by Crippen LogP contribution is 2.37. The molecule has 0 aromatic heterocycles. The molecular weight excluding hydrogens is 636 g/mol. The number of benzene rings is 4. The van der Waals surface area contributed by atoms with Gasteiger partial charge in [0, 0.05) is 17.3 Å². The van der Waals surface area contributed by atoms with Crippen LogP contribution < -0.4 is 14.2 Å². The van der Waals surface area contributed by atoms with Crippen LogP contribution in [0, 0.1) is 0 Å². The van der Waals surface area contributed by atoms with Crippen LogP contribution in [0.25, 0.3) is 0 Å². The third-order valence-corrected chi connectivity index (χ3v) is 10.7. The molecule has 2 aliphatic rings. The minimum atomic E-state index is -0.688. The smallest absolute Gasteiger partial charge is 0.120 e. The highest BCUT2D eigenvalue weighted by Gasteiger charge is 2.33. The normalized spacial score (nSPS) is 18.2. The number of hydrogen-bond acceptors (Lipinski definition) is 6. The van der Waals surface area contributed by atoms with Gasteiger partial charge in [0.1, 0.15) is 42.2 Å². The maximum Gasteiger partial charge on any atom is 0.120 e. The van der Waals surface area contributed by atoms with Gasteiger partial charge in [-0.05, 0) is 89.9 Å². The van der Waals surface area contributed by atoms with E-state index in [1.807, 2.05) is 50.2 Å². The van der Waals surface area contributed by atoms with Gasteiger partial charge >= 0.3 is 0 Å². The van der Waals surface area contributed by atoms with E-state index in [1.165, 1.54) is 27.8 Å². The first-order valence-corrected chi connectivity index (χ1v) is 18.4. The van der Waals surface area contributed by atoms with Crippen molar-refractivity contribution in [1.82, 2.24) is 0 Å². The molecule has 272 valence electrons. The van der Waals surface area contributed by atoms with Crippen molar-refractivity contribution in [3.63, 3.8) is 0 Å². The van der Waals surface area contributed by atoms with Crippen LogP contribution in [0.5, 0.6) is 17.2 Å². The Balaban J connectivity index is 0.980. The van der Waals surface area contributed by atoms with Gasteiger partial charge in [-0.15, -0.1) is 0 Å². The Morgan fingerprint density at radius 1 is 0.569 bits per heavy atom. The highest BCUT2D eigenvalue weighted by atomic mass is 16.6. The van der Waals surface area contributed by atoms with E-state index in [4.69, 9.17) is 23.7 Å². The summed E-state index contributed by atoms with van der Waals surface area (Å²) in [5, 5.41) is 10.9. The fourth-order valence-corrected chi connectivity index (χ4v) is 6.95. The van der Waals surface area contributed by atoms with E-state index in [0.29, 0.717) is 19.1 Å². The zero-order valence-electron chi connectivity index (χ0n) is 31.7. The van der Waals surface area contributed by atoms with Crippen molar-refractivity contribution in [2.24, 2.45) is 0 Å². The monoisotopic (exact) mass is 692 g/mol. The first-order chi connectivity index (χ1) is 24.1. The maximum absolute atomic E-state index is 10.9. The van der Waals surface area contributed by atoms with Crippen LogP contribution in [0.3, 0.4) is 0 Å². The van der Waals surface area contributed by atoms with E-state index >= 15 is 0 Å². The Morgan fingerprint density at radius 3 is 1.41 bits per heavy atom. The van der Waals surface area contributed by atoms with Gasteiger partial charge in [-0.2, -0.15) is 0 Å². The number of aliphatic hydroxyl groups is 1. The van der Waals surface area contributed by atoms with E-state index in [-0.39, 0.29) is 29.0 Å². The fraction of sp³-hybridized carbons (Fsp3) is 0.467. The predicted octanol–water partition coefficient (Wildman–Crippen LogP) is 9.17. The Bertz CT molecular complexity index is 1710. The lowest BCUT2D eigenvalue weighted by Crippen LogP contribution is -2.35. The third-order valence-electron chi connectivity index (χ3n) is 10.7. The molecule has 1 N–H and O–H groups in total. The predicted molar refractivity (Wildman–Crippen MR) is 203 cm³/mol. The van der Waals surface area contributed by atoms with Gasteiger partial charge in [-0.25, -0.2) is 0 Å². The second kappa shape index (κ2) is 14.7. The quantitative estimate of drug-likeness (QED) is 0.111. The molecular formula is C45H56O6. The molecule has 4 aromatic rings. The second-order valence-corrected chi connectivity index (χ2v) is 16.7. The average molecular weight is 693 g/mol. The van der Waals surface area contributed by atoms with Crippen LogP contribution in [-0.2, 0) is 25.7 Å². The second-order valence-electron chi connectivity index (χ2n) is 16.7. The Morgan fingerprint density at radius 2 is 0.961 bits per heavy atom. The van der Waals surface area contributed by atoms with Crippen molar-refractivity contribution in [2.45, 2.75) is 108 Å². The molecule has 4 aromatic carbocycles. The van der Waals surface area contributed by atoms with Crippen molar-refractivity contribution in [3.05, 3.63) is 125 Å². The zero-order valence-corrected chi connectivity index (χ0v) is 31.7. The molecule has 2 heterocycles. The molecule has 2 fully saturated rings. The third kappa shape index (κ3) is 9.54. The summed E-state index contributed by atoms with van der Waals surface area (Å²) in [6.45, 7) is 20.0. The van der Waals surface area contributed by atoms with Gasteiger partial charge in [-0.1, -0.05) is 102 Å². The maximum atomic E-state index is 10.9. The summed E-state index contributed by atoms with van der Waals surface area (Å²) in [6.07, 6.45) is 1.43. The fourth-order valence-electron chi connectivity index (χ4n) is 6.95. The minimum absolute atomic E-state index is 0.0914. The van der Waals surface area contributed by atoms with Gasteiger partial charge in [0.15, 0.2) is 0 Å². The molecule has 51 heavy (non-hydrogen) atoms. The van der Waals surface area contributed by atoms with Crippen LogP contribution >= 0.6 is 0 Å². The largest absolute Gasteiger partial charge is 0.491 e. The number of epoxide rings is 2. The van der Waals surface area contributed by atoms with E-state index < -0.39 is 11.7 Å². The number of ether oxygens (including phenoxy) is 5. The topological polar surface area (TPSA) is 73.0 Å². The summed E-state index contributed by atoms with van der Waals surface area (Å²) in [5.74, 6) is 2.36. The molecule has 6 nitrogen and oxygen atoms in total. The molecule has 0 spiro atoms. The van der Waals surface area contributed by atoms with Crippen molar-refractivity contribution < 1.29 is 28.8 Å². The molecule has 2 saturated heterocycles. The molecule has 6 rings (SSSR count). The van der Waals surface area contributed by atoms with E-state index in [1.54, 1.807) is 0 Å². The molecule has 0 aliphatic carbocycles. The average Bonchev–Trinajstić information content (AvgIpc) is 4.04. The molecule has 2 aliphatic heterocycles. The lowest BCUT2D eigenvalue weighted by atomic mass is 9.75. The Hall–Kier alpha value is -3.84. The first-order valence-electron chi connectivity index (χ1n) is 18.4. The van der Waals surface area contributed by atoms with E-state index in [2.05, 4.69) is 102 Å². The first kappa shape index (κ1) is 36.9. The number of aliphatic hydroxyl groups excluding tert-OH is 1. The minimum Gasteiger partial charge on any atom is -0.491 e. The van der Waals surface area contributed by atoms with Crippen LogP contribution in [-0.4, -0.2) is 55.4 Å². The summed E-state index contributed by atoms with van der Waals surface area (Å²) in [7, 11) is 0. The van der Waals surface area contributed by atoms with Gasteiger partial charge < -0.3 is 28.8 Å². The van der Waals surface area contributed by atoms with Crippen molar-refractivity contribution in [3.8, 4) is 17.2 Å². The molecule has 0 amide bonds. The van der Waals surface area contributed by atoms with Crippen molar-refractivity contribution in [2.75, 3.05) is 26.4 Å². The Kier molecular flexibility index (Phi) is 10.6. The molecule has 3 atom stereocenters. The van der Waals surface area contributed by atoms with Gasteiger partial charge in [0.25, 0.3) is 0 Å². The number of hydrogen-bond donors (Lipinski definition) is 1. The van der Waals surface area contributed by atoms with Gasteiger partial charge in [0.2, 0.25) is 0 Å². The molecule has 6 heteroatoms. The zero-order chi connectivity index (χ0) is 36.4. The summed E-state index contributed by atoms with van der Waals surface area (Å²) in [5.41, 5.74) is 5.36. The molecule has 0 radical (unpaired) electrons. The Labute approximate surface area is 305 Å². The van der Waals surface area contributed by atoms with Crippen molar-refractivity contribution in [1.29, 1.82) is 0 Å². The van der Waals surface area contributed by atoms with E-state index in [9.17, 15) is 5.11 Å². The number of rotatable bonds is 17. The van der Waals surface area contributed by atoms with Crippen LogP contribution in [0.4, 0.5) is 0 Å². The molecule has 3 unspecified atom stereocenters. The standard InChI is InChI=1S/C45H56O6/c1-42(2,26-40-28-49-40)31-9-11-32(12-10-31)44(5,6)33-13-19-37(20-14-33)47-27-36(46)25-43(3,4)51-39-23-17-35(18-24-39)45(7,8)34-15-21-38(22-16-34)48-29-41-30-50-41/h9-24,36,40-41,46H,25-30H2,1-8H3. The van der Waals surface area contributed by atoms with Gasteiger partial charge in [0.05, 0.1) is 25.4 Å². The summed E-state index contributed by atoms with van der Waals surface area (Å²) >= 11 is 0. The highest BCUT2D eigenvalue weighted by molar-refractivity contribution is 5.43. The van der Waals surface area contributed by atoms with Crippen LogP contribution in [0.15, 0.2) is 97.1 Å². The molecule has 0 saturated carbocycles. The van der Waals surface area contributed by atoms with E-state index in [0.717, 1.165) is 36.9 Å². The SMILES string of the molecule is CC(C)(CC(O)COc1ccc(C(C)(C)c2ccc(C(C)(C)CC3CO3)cc2)cc1)Oc1ccc(C(C)(C)c2ccc(OCC3CO3)cc2)cc1. The van der Waals surface area contributed by atoms with Crippen LogP contribution in [0.2, 0.25) is 0 Å². The lowest BCUT2D eigenvalue weighted by Gasteiger charge is -2.30. The van der Waals surface area contributed by atoms with Crippen LogP contribution in [0.1, 0.15) is 96.0 Å². The summed E-state index contributed by atoms with van der Waals surface area (Å²) < 4.78 is 28.9. The van der Waals surface area contributed by atoms with Crippen molar-refractivity contribution >= 4 is 0 Å². The summed E-state index contributed by atoms with van der Waals surface area (Å²) in [4.78, 5) is 0. The lowest BCUT2D eigenvalue weighted by molar-refractivity contribution is 0.0175.